The molecule has 0 saturated heterocycles. The molecule has 1 fully saturated rings. The highest BCUT2D eigenvalue weighted by Gasteiger charge is 2.12. The molecule has 19 heavy (non-hydrogen) atoms. The Morgan fingerprint density at radius 3 is 2.32 bits per heavy atom. The van der Waals surface area contributed by atoms with Gasteiger partial charge in [-0.1, -0.05) is 25.7 Å². The zero-order valence-corrected chi connectivity index (χ0v) is 11.2. The summed E-state index contributed by atoms with van der Waals surface area (Å²) in [6.45, 7) is 0.969. The summed E-state index contributed by atoms with van der Waals surface area (Å²) in [6.07, 6.45) is 8.01. The van der Waals surface area contributed by atoms with Crippen molar-refractivity contribution in [1.82, 2.24) is 0 Å². The Balaban J connectivity index is 1.96. The van der Waals surface area contributed by atoms with Crippen LogP contribution in [0.1, 0.15) is 49.7 Å². The van der Waals surface area contributed by atoms with Gasteiger partial charge in [-0.25, -0.2) is 0 Å². The van der Waals surface area contributed by atoms with Crippen molar-refractivity contribution in [1.29, 1.82) is 10.5 Å². The molecule has 1 aliphatic rings. The van der Waals surface area contributed by atoms with Gasteiger partial charge in [0, 0.05) is 12.2 Å². The third-order valence-corrected chi connectivity index (χ3v) is 3.83. The third kappa shape index (κ3) is 3.73. The summed E-state index contributed by atoms with van der Waals surface area (Å²) >= 11 is 0. The molecule has 0 aromatic heterocycles. The summed E-state index contributed by atoms with van der Waals surface area (Å²) in [5.41, 5.74) is 1.84. The Bertz CT molecular complexity index is 500. The smallest absolute Gasteiger partial charge is 0.101 e. The van der Waals surface area contributed by atoms with E-state index >= 15 is 0 Å². The van der Waals surface area contributed by atoms with Crippen molar-refractivity contribution < 1.29 is 0 Å². The van der Waals surface area contributed by atoms with Gasteiger partial charge in [-0.3, -0.25) is 0 Å². The Kier molecular flexibility index (Phi) is 4.81. The molecular weight excluding hydrogens is 234 g/mol. The molecule has 1 aromatic carbocycles. The first-order valence-corrected chi connectivity index (χ1v) is 7.01. The number of anilines is 1. The van der Waals surface area contributed by atoms with Gasteiger partial charge >= 0.3 is 0 Å². The van der Waals surface area contributed by atoms with E-state index in [1.165, 1.54) is 38.5 Å². The Morgan fingerprint density at radius 1 is 1.00 bits per heavy atom. The van der Waals surface area contributed by atoms with E-state index in [1.54, 1.807) is 12.1 Å². The van der Waals surface area contributed by atoms with Crippen molar-refractivity contribution in [3.8, 4) is 12.1 Å². The summed E-state index contributed by atoms with van der Waals surface area (Å²) < 4.78 is 0. The maximum atomic E-state index is 9.00. The van der Waals surface area contributed by atoms with Crippen molar-refractivity contribution in [3.05, 3.63) is 29.3 Å². The molecule has 0 unspecified atom stereocenters. The van der Waals surface area contributed by atoms with Gasteiger partial charge in [-0.15, -0.1) is 0 Å². The number of nitrogens with one attached hydrogen (secondary N) is 1. The van der Waals surface area contributed by atoms with Gasteiger partial charge in [-0.05, 0) is 37.0 Å². The van der Waals surface area contributed by atoms with Crippen LogP contribution in [0.4, 0.5) is 5.69 Å². The lowest BCUT2D eigenvalue weighted by molar-refractivity contribution is 0.483. The monoisotopic (exact) mass is 253 g/mol. The maximum Gasteiger partial charge on any atom is 0.101 e. The molecule has 0 atom stereocenters. The largest absolute Gasteiger partial charge is 0.385 e. The molecule has 3 nitrogen and oxygen atoms in total. The molecular formula is C16H19N3. The fourth-order valence-electron chi connectivity index (χ4n) is 2.67. The van der Waals surface area contributed by atoms with Crippen LogP contribution in [-0.2, 0) is 0 Å². The van der Waals surface area contributed by atoms with Crippen molar-refractivity contribution in [2.45, 2.75) is 38.5 Å². The quantitative estimate of drug-likeness (QED) is 0.833. The summed E-state index contributed by atoms with van der Waals surface area (Å²) in [5.74, 6) is 0.740. The molecule has 0 amide bonds. The van der Waals surface area contributed by atoms with E-state index in [0.717, 1.165) is 18.2 Å². The van der Waals surface area contributed by atoms with E-state index in [0.29, 0.717) is 11.1 Å². The first-order valence-electron chi connectivity index (χ1n) is 7.01. The molecule has 0 bridgehead atoms. The molecule has 2 rings (SSSR count). The van der Waals surface area contributed by atoms with Gasteiger partial charge in [0.2, 0.25) is 0 Å². The normalized spacial score (nSPS) is 16.1. The highest BCUT2D eigenvalue weighted by Crippen LogP contribution is 2.23. The number of nitrogens with zero attached hydrogens (tertiary/aromatic N) is 2. The zero-order valence-electron chi connectivity index (χ0n) is 11.2. The van der Waals surface area contributed by atoms with Gasteiger partial charge in [0.05, 0.1) is 11.1 Å². The second kappa shape index (κ2) is 6.81. The second-order valence-corrected chi connectivity index (χ2v) is 5.22. The molecule has 1 N–H and O–H groups in total. The molecule has 0 aliphatic heterocycles. The lowest BCUT2D eigenvalue weighted by Crippen LogP contribution is -2.13. The Labute approximate surface area is 114 Å². The maximum absolute atomic E-state index is 9.00. The van der Waals surface area contributed by atoms with Crippen molar-refractivity contribution in [2.24, 2.45) is 5.92 Å². The summed E-state index contributed by atoms with van der Waals surface area (Å²) in [6, 6.07) is 9.48. The molecule has 3 heteroatoms. The van der Waals surface area contributed by atoms with E-state index in [4.69, 9.17) is 10.5 Å². The minimum Gasteiger partial charge on any atom is -0.385 e. The zero-order chi connectivity index (χ0) is 13.5. The Morgan fingerprint density at radius 2 is 1.68 bits per heavy atom. The fourth-order valence-corrected chi connectivity index (χ4v) is 2.67. The SMILES string of the molecule is N#Cc1ccc(NCC2CCCCCC2)cc1C#N. The van der Waals surface area contributed by atoms with E-state index in [1.807, 2.05) is 12.1 Å². The van der Waals surface area contributed by atoms with Gasteiger partial charge < -0.3 is 5.32 Å². The minimum atomic E-state index is 0.447. The third-order valence-electron chi connectivity index (χ3n) is 3.83. The molecule has 1 saturated carbocycles. The van der Waals surface area contributed by atoms with Crippen LogP contribution in [0.2, 0.25) is 0 Å². The summed E-state index contributed by atoms with van der Waals surface area (Å²) in [7, 11) is 0. The highest BCUT2D eigenvalue weighted by atomic mass is 14.9. The molecule has 1 aromatic rings. The summed E-state index contributed by atoms with van der Waals surface area (Å²) in [4.78, 5) is 0. The van der Waals surface area contributed by atoms with Crippen LogP contribution >= 0.6 is 0 Å². The van der Waals surface area contributed by atoms with Gasteiger partial charge in [0.1, 0.15) is 12.1 Å². The van der Waals surface area contributed by atoms with Crippen molar-refractivity contribution in [3.63, 3.8) is 0 Å². The lowest BCUT2D eigenvalue weighted by Gasteiger charge is -2.16. The molecule has 0 radical (unpaired) electrons. The van der Waals surface area contributed by atoms with E-state index in [-0.39, 0.29) is 0 Å². The lowest BCUT2D eigenvalue weighted by atomic mass is 10.0. The summed E-state index contributed by atoms with van der Waals surface area (Å²) in [5, 5.41) is 21.3. The number of benzene rings is 1. The topological polar surface area (TPSA) is 59.6 Å². The molecule has 0 spiro atoms. The minimum absolute atomic E-state index is 0.447. The van der Waals surface area contributed by atoms with Crippen LogP contribution in [0.25, 0.3) is 0 Å². The van der Waals surface area contributed by atoms with Gasteiger partial charge in [0.15, 0.2) is 0 Å². The van der Waals surface area contributed by atoms with Crippen LogP contribution in [0.15, 0.2) is 18.2 Å². The van der Waals surface area contributed by atoms with Gasteiger partial charge in [0.25, 0.3) is 0 Å². The number of rotatable bonds is 3. The molecule has 0 heterocycles. The van der Waals surface area contributed by atoms with Crippen molar-refractivity contribution >= 4 is 5.69 Å². The number of nitriles is 2. The van der Waals surface area contributed by atoms with Crippen LogP contribution in [0, 0.1) is 28.6 Å². The standard InChI is InChI=1S/C16H19N3/c17-10-14-7-8-16(9-15(14)11-18)19-12-13-5-3-1-2-4-6-13/h7-9,13,19H,1-6,12H2. The van der Waals surface area contributed by atoms with Crippen LogP contribution in [-0.4, -0.2) is 6.54 Å². The van der Waals surface area contributed by atoms with Crippen molar-refractivity contribution in [2.75, 3.05) is 11.9 Å². The first kappa shape index (κ1) is 13.4. The van der Waals surface area contributed by atoms with Gasteiger partial charge in [-0.2, -0.15) is 10.5 Å². The van der Waals surface area contributed by atoms with Crippen LogP contribution in [0.5, 0.6) is 0 Å². The van der Waals surface area contributed by atoms with E-state index in [9.17, 15) is 0 Å². The average molecular weight is 253 g/mol. The van der Waals surface area contributed by atoms with E-state index in [2.05, 4.69) is 11.4 Å². The molecule has 1 aliphatic carbocycles. The molecule has 98 valence electrons. The highest BCUT2D eigenvalue weighted by molar-refractivity contribution is 5.56. The fraction of sp³-hybridized carbons (Fsp3) is 0.500. The van der Waals surface area contributed by atoms with E-state index < -0.39 is 0 Å². The average Bonchev–Trinajstić information content (AvgIpc) is 2.73. The second-order valence-electron chi connectivity index (χ2n) is 5.22. The predicted molar refractivity (Wildman–Crippen MR) is 75.6 cm³/mol. The first-order chi connectivity index (χ1) is 9.33. The number of hydrogen-bond acceptors (Lipinski definition) is 3. The number of hydrogen-bond donors (Lipinski definition) is 1. The Hall–Kier alpha value is -2.00. The predicted octanol–water partition coefficient (Wildman–Crippen LogP) is 3.81. The van der Waals surface area contributed by atoms with Crippen LogP contribution in [0.3, 0.4) is 0 Å². The van der Waals surface area contributed by atoms with Crippen LogP contribution < -0.4 is 5.32 Å².